The molecule has 31 heavy (non-hydrogen) atoms. The van der Waals surface area contributed by atoms with Crippen molar-refractivity contribution in [1.82, 2.24) is 0 Å². The first kappa shape index (κ1) is 34.3. The topological polar surface area (TPSA) is 161 Å². The van der Waals surface area contributed by atoms with Crippen molar-refractivity contribution in [2.24, 2.45) is 11.8 Å². The Labute approximate surface area is 197 Å². The molecule has 0 heterocycles. The van der Waals surface area contributed by atoms with Gasteiger partial charge in [0, 0.05) is 23.9 Å². The predicted molar refractivity (Wildman–Crippen MR) is 114 cm³/mol. The van der Waals surface area contributed by atoms with Crippen LogP contribution < -0.4 is 20.4 Å². The zero-order valence-corrected chi connectivity index (χ0v) is 24.4. The van der Waals surface area contributed by atoms with E-state index < -0.39 is 56.9 Å². The van der Waals surface area contributed by atoms with E-state index in [2.05, 4.69) is 41.5 Å². The first-order valence-corrected chi connectivity index (χ1v) is 14.6. The van der Waals surface area contributed by atoms with Crippen molar-refractivity contribution >= 4 is 45.0 Å². The molecule has 180 valence electrons. The second-order valence-corrected chi connectivity index (χ2v) is 23.4. The fourth-order valence-electron chi connectivity index (χ4n) is 2.93. The molecule has 0 aromatic heterocycles. The average molecular weight is 551 g/mol. The van der Waals surface area contributed by atoms with Gasteiger partial charge in [-0.05, 0) is 50.4 Å². The summed E-state index contributed by atoms with van der Waals surface area (Å²) in [5.41, 5.74) is 0. The van der Waals surface area contributed by atoms with Crippen LogP contribution in [0, 0.1) is 11.8 Å². The standard InChI is InChI=1S/2C7H12O4.2C4H9.Sn.2H/c2*1-5(7(10)11)3-2-4-6(8)9;2*1-4(2)3;;;/h2*5H,2-4H2,1H3,(H,8,9)(H,10,11);2*1-3H3;;;/q;;;;+4;;/p-4. The Kier molecular flexibility index (Phi) is 19.1. The van der Waals surface area contributed by atoms with Crippen LogP contribution in [0.1, 0.15) is 93.9 Å². The van der Waals surface area contributed by atoms with E-state index in [0.717, 1.165) is 0 Å². The normalized spacial score (nSPS) is 12.9. The maximum absolute atomic E-state index is 10.1. The molecule has 0 saturated heterocycles. The van der Waals surface area contributed by atoms with E-state index in [1.54, 1.807) is 0 Å². The maximum atomic E-state index is 10.1. The minimum atomic E-state index is -1.14. The van der Waals surface area contributed by atoms with Gasteiger partial charge in [0.1, 0.15) is 0 Å². The summed E-state index contributed by atoms with van der Waals surface area (Å²) < 4.78 is 1.39. The number of carboxylic acids is 4. The predicted octanol–water partition coefficient (Wildman–Crippen LogP) is -0.823. The van der Waals surface area contributed by atoms with E-state index in [9.17, 15) is 39.6 Å². The van der Waals surface area contributed by atoms with Crippen LogP contribution in [0.5, 0.6) is 0 Å². The molecule has 0 aliphatic heterocycles. The molecule has 0 aromatic carbocycles. The van der Waals surface area contributed by atoms with Gasteiger partial charge in [-0.2, -0.15) is 0 Å². The molecule has 0 fully saturated rings. The molecule has 0 amide bonds. The van der Waals surface area contributed by atoms with Crippen LogP contribution in [-0.4, -0.2) is 45.0 Å². The number of hydrogen-bond donors (Lipinski definition) is 0. The summed E-state index contributed by atoms with van der Waals surface area (Å²) in [6.07, 6.45) is 1.15. The van der Waals surface area contributed by atoms with Crippen LogP contribution in [0.3, 0.4) is 0 Å². The van der Waals surface area contributed by atoms with Crippen LogP contribution in [0.15, 0.2) is 0 Å². The Morgan fingerprint density at radius 1 is 0.645 bits per heavy atom. The van der Waals surface area contributed by atoms with E-state index in [1.807, 2.05) is 0 Å². The quantitative estimate of drug-likeness (QED) is 0.318. The zero-order valence-electron chi connectivity index (χ0n) is 20.4. The van der Waals surface area contributed by atoms with Crippen LogP contribution in [0.4, 0.5) is 0 Å². The molecule has 0 aromatic rings. The van der Waals surface area contributed by atoms with E-state index in [-0.39, 0.29) is 12.8 Å². The molecular weight excluding hydrogens is 511 g/mol. The van der Waals surface area contributed by atoms with Gasteiger partial charge in [-0.1, -0.05) is 13.8 Å². The first-order valence-electron chi connectivity index (χ1n) is 10.6. The third kappa shape index (κ3) is 33.5. The monoisotopic (exact) mass is 552 g/mol. The molecule has 0 aliphatic rings. The molecule has 0 saturated carbocycles. The second-order valence-electron chi connectivity index (χ2n) is 10.3. The number of rotatable bonds is 10. The second kappa shape index (κ2) is 17.3. The summed E-state index contributed by atoms with van der Waals surface area (Å²) in [6.45, 7) is 17.3. The van der Waals surface area contributed by atoms with Crippen molar-refractivity contribution in [2.45, 2.75) is 101 Å². The van der Waals surface area contributed by atoms with E-state index in [0.29, 0.717) is 32.5 Å². The molecule has 2 unspecified atom stereocenters. The Bertz CT molecular complexity index is 499. The SMILES string of the molecule is CC(CCCC(=O)[O-])C(=O)[O-].CC(CCCC(=O)[O-])C(=O)[O-].C[C](C)(C)[SnH2+4][C](C)(C)C. The van der Waals surface area contributed by atoms with Gasteiger partial charge >= 0.3 is 69.5 Å². The molecule has 9 heteroatoms. The van der Waals surface area contributed by atoms with E-state index in [4.69, 9.17) is 0 Å². The summed E-state index contributed by atoms with van der Waals surface area (Å²) in [5.74, 6) is -5.71. The van der Waals surface area contributed by atoms with Gasteiger partial charge in [0.15, 0.2) is 0 Å². The van der Waals surface area contributed by atoms with Crippen LogP contribution >= 0.6 is 0 Å². The number of carbonyl (C=O) groups excluding carboxylic acids is 4. The molecule has 0 spiro atoms. The van der Waals surface area contributed by atoms with Gasteiger partial charge in [-0.15, -0.1) is 0 Å². The third-order valence-electron chi connectivity index (χ3n) is 3.90. The van der Waals surface area contributed by atoms with Crippen LogP contribution in [0.25, 0.3) is 0 Å². The summed E-state index contributed by atoms with van der Waals surface area (Å²) in [5, 5.41) is 40.0. The number of aliphatic carboxylic acids is 4. The number of carbonyl (C=O) groups is 4. The van der Waals surface area contributed by atoms with Crippen LogP contribution in [-0.2, 0) is 19.2 Å². The van der Waals surface area contributed by atoms with Crippen molar-refractivity contribution in [3.8, 4) is 0 Å². The summed E-state index contributed by atoms with van der Waals surface area (Å²) in [4.78, 5) is 40.0. The van der Waals surface area contributed by atoms with Gasteiger partial charge in [0.05, 0.1) is 0 Å². The van der Waals surface area contributed by atoms with E-state index in [1.165, 1.54) is 13.8 Å². The van der Waals surface area contributed by atoms with Crippen LogP contribution in [0.2, 0.25) is 6.86 Å². The van der Waals surface area contributed by atoms with Crippen molar-refractivity contribution in [3.63, 3.8) is 0 Å². The summed E-state index contributed by atoms with van der Waals surface area (Å²) in [7, 11) is 0. The average Bonchev–Trinajstić information content (AvgIpc) is 2.51. The molecule has 0 bridgehead atoms. The minimum absolute atomic E-state index is 0.0857. The van der Waals surface area contributed by atoms with Crippen molar-refractivity contribution < 1.29 is 39.6 Å². The van der Waals surface area contributed by atoms with Gasteiger partial charge in [0.2, 0.25) is 0 Å². The molecule has 0 rings (SSSR count). The fraction of sp³-hybridized carbons (Fsp3) is 0.818. The van der Waals surface area contributed by atoms with Crippen molar-refractivity contribution in [3.05, 3.63) is 0 Å². The number of hydrogen-bond acceptors (Lipinski definition) is 8. The Morgan fingerprint density at radius 2 is 0.903 bits per heavy atom. The number of carboxylic acid groups (broad SMARTS) is 4. The molecule has 2 atom stereocenters. The van der Waals surface area contributed by atoms with Gasteiger partial charge in [0.25, 0.3) is 0 Å². The van der Waals surface area contributed by atoms with Gasteiger partial charge < -0.3 is 39.6 Å². The summed E-state index contributed by atoms with van der Waals surface area (Å²) >= 11 is -0.528. The molecule has 4 radical (unpaired) electrons. The van der Waals surface area contributed by atoms with Gasteiger partial charge in [-0.3, -0.25) is 0 Å². The Morgan fingerprint density at radius 3 is 1.03 bits per heavy atom. The summed E-state index contributed by atoms with van der Waals surface area (Å²) in [6, 6.07) is 0. The zero-order chi connectivity index (χ0) is 25.4. The molecule has 8 nitrogen and oxygen atoms in total. The first-order chi connectivity index (χ1) is 13.8. The Balaban J connectivity index is -0.000000382. The Hall–Kier alpha value is -1.32. The van der Waals surface area contributed by atoms with Crippen molar-refractivity contribution in [2.75, 3.05) is 0 Å². The molecular formula is C22H40O8Sn. The van der Waals surface area contributed by atoms with E-state index >= 15 is 0 Å². The third-order valence-corrected chi connectivity index (χ3v) is 9.96. The fourth-order valence-corrected chi connectivity index (χ4v) is 12.0. The molecule has 0 N–H and O–H groups in total. The van der Waals surface area contributed by atoms with Crippen molar-refractivity contribution in [1.29, 1.82) is 0 Å². The van der Waals surface area contributed by atoms with Gasteiger partial charge in [-0.25, -0.2) is 0 Å². The molecule has 0 aliphatic carbocycles.